The lowest BCUT2D eigenvalue weighted by atomic mass is 10.2. The highest BCUT2D eigenvalue weighted by Gasteiger charge is 2.21. The minimum atomic E-state index is -1.17. The molecule has 0 spiro atoms. The van der Waals surface area contributed by atoms with Gasteiger partial charge in [0.25, 0.3) is 5.91 Å². The third kappa shape index (κ3) is 3.92. The van der Waals surface area contributed by atoms with Gasteiger partial charge in [0.2, 0.25) is 0 Å². The van der Waals surface area contributed by atoms with E-state index in [-0.39, 0.29) is 0 Å². The summed E-state index contributed by atoms with van der Waals surface area (Å²) in [5.41, 5.74) is 0.711. The molecule has 3 amide bonds. The number of nitrogens with zero attached hydrogens (tertiary/aromatic N) is 1. The van der Waals surface area contributed by atoms with Gasteiger partial charge in [-0.2, -0.15) is 0 Å². The molecule has 6 heteroatoms. The summed E-state index contributed by atoms with van der Waals surface area (Å²) in [7, 11) is 0. The number of para-hydroxylation sites is 1. The SMILES string of the molecule is O=C(O)CN(C(=O)NC(=O)c1ccccc1)c1ccccc1. The van der Waals surface area contributed by atoms with Crippen LogP contribution < -0.4 is 10.2 Å². The van der Waals surface area contributed by atoms with Crippen LogP contribution >= 0.6 is 0 Å². The molecular formula is C16H14N2O4. The molecule has 112 valence electrons. The van der Waals surface area contributed by atoms with Crippen molar-refractivity contribution < 1.29 is 19.5 Å². The minimum Gasteiger partial charge on any atom is -0.480 e. The summed E-state index contributed by atoms with van der Waals surface area (Å²) in [6.07, 6.45) is 0. The maximum atomic E-state index is 12.2. The first-order chi connectivity index (χ1) is 10.6. The van der Waals surface area contributed by atoms with E-state index in [1.165, 1.54) is 0 Å². The number of carbonyl (C=O) groups is 3. The van der Waals surface area contributed by atoms with Crippen LogP contribution in [0.4, 0.5) is 10.5 Å². The zero-order chi connectivity index (χ0) is 15.9. The van der Waals surface area contributed by atoms with Crippen LogP contribution in [0.5, 0.6) is 0 Å². The Kier molecular flexibility index (Phi) is 4.87. The second kappa shape index (κ2) is 7.03. The topological polar surface area (TPSA) is 86.7 Å². The highest BCUT2D eigenvalue weighted by Crippen LogP contribution is 2.13. The van der Waals surface area contributed by atoms with Gasteiger partial charge in [-0.05, 0) is 24.3 Å². The smallest absolute Gasteiger partial charge is 0.329 e. The normalized spacial score (nSPS) is 9.82. The molecule has 0 radical (unpaired) electrons. The quantitative estimate of drug-likeness (QED) is 0.905. The van der Waals surface area contributed by atoms with Crippen molar-refractivity contribution in [2.45, 2.75) is 0 Å². The van der Waals surface area contributed by atoms with Gasteiger partial charge < -0.3 is 5.11 Å². The first kappa shape index (κ1) is 15.2. The summed E-state index contributed by atoms with van der Waals surface area (Å²) in [6, 6.07) is 15.7. The highest BCUT2D eigenvalue weighted by atomic mass is 16.4. The van der Waals surface area contributed by atoms with Crippen molar-refractivity contribution in [2.24, 2.45) is 0 Å². The Balaban J connectivity index is 2.16. The predicted molar refractivity (Wildman–Crippen MR) is 80.7 cm³/mol. The molecule has 2 rings (SSSR count). The number of aliphatic carboxylic acids is 1. The second-order valence-electron chi connectivity index (χ2n) is 4.44. The molecule has 0 heterocycles. The fraction of sp³-hybridized carbons (Fsp3) is 0.0625. The molecule has 0 aliphatic rings. The number of carboxylic acid groups (broad SMARTS) is 1. The van der Waals surface area contributed by atoms with Crippen molar-refractivity contribution in [3.8, 4) is 0 Å². The van der Waals surface area contributed by atoms with E-state index in [1.807, 2.05) is 0 Å². The number of rotatable bonds is 4. The standard InChI is InChI=1S/C16H14N2O4/c19-14(20)11-18(13-9-5-2-6-10-13)16(22)17-15(21)12-7-3-1-4-8-12/h1-10H,11H2,(H,19,20)(H,17,21,22). The van der Waals surface area contributed by atoms with Crippen LogP contribution in [-0.2, 0) is 4.79 Å². The van der Waals surface area contributed by atoms with Crippen LogP contribution in [0.15, 0.2) is 60.7 Å². The zero-order valence-electron chi connectivity index (χ0n) is 11.6. The summed E-state index contributed by atoms with van der Waals surface area (Å²) in [5, 5.41) is 11.1. The number of hydrogen-bond acceptors (Lipinski definition) is 3. The molecule has 0 saturated carbocycles. The Bertz CT molecular complexity index is 671. The molecular weight excluding hydrogens is 284 g/mol. The number of carboxylic acids is 1. The molecule has 0 aromatic heterocycles. The number of carbonyl (C=O) groups excluding carboxylic acids is 2. The third-order valence-corrected chi connectivity index (χ3v) is 2.86. The first-order valence-electron chi connectivity index (χ1n) is 6.52. The molecule has 6 nitrogen and oxygen atoms in total. The summed E-state index contributed by atoms with van der Waals surface area (Å²) in [6.45, 7) is -0.544. The average Bonchev–Trinajstić information content (AvgIpc) is 2.54. The Morgan fingerprint density at radius 3 is 2.00 bits per heavy atom. The fourth-order valence-corrected chi connectivity index (χ4v) is 1.85. The van der Waals surface area contributed by atoms with E-state index in [9.17, 15) is 14.4 Å². The minimum absolute atomic E-state index is 0.319. The molecule has 0 aliphatic heterocycles. The van der Waals surface area contributed by atoms with Crippen LogP contribution in [0.25, 0.3) is 0 Å². The van der Waals surface area contributed by atoms with E-state index in [1.54, 1.807) is 60.7 Å². The summed E-state index contributed by atoms with van der Waals surface area (Å²) in [4.78, 5) is 36.1. The van der Waals surface area contributed by atoms with Crippen molar-refractivity contribution in [1.29, 1.82) is 0 Å². The van der Waals surface area contributed by atoms with Gasteiger partial charge in [0.15, 0.2) is 0 Å². The van der Waals surface area contributed by atoms with Gasteiger partial charge in [-0.25, -0.2) is 4.79 Å². The number of hydrogen-bond donors (Lipinski definition) is 2. The first-order valence-corrected chi connectivity index (χ1v) is 6.52. The Morgan fingerprint density at radius 1 is 0.909 bits per heavy atom. The van der Waals surface area contributed by atoms with Crippen LogP contribution in [-0.4, -0.2) is 29.6 Å². The second-order valence-corrected chi connectivity index (χ2v) is 4.44. The molecule has 2 aromatic carbocycles. The third-order valence-electron chi connectivity index (χ3n) is 2.86. The molecule has 0 atom stereocenters. The van der Waals surface area contributed by atoms with Crippen LogP contribution in [0, 0.1) is 0 Å². The van der Waals surface area contributed by atoms with E-state index < -0.39 is 24.5 Å². The molecule has 2 aromatic rings. The average molecular weight is 298 g/mol. The highest BCUT2D eigenvalue weighted by molar-refractivity contribution is 6.09. The van der Waals surface area contributed by atoms with Crippen LogP contribution in [0.1, 0.15) is 10.4 Å². The lowest BCUT2D eigenvalue weighted by Gasteiger charge is -2.20. The molecule has 0 bridgehead atoms. The fourth-order valence-electron chi connectivity index (χ4n) is 1.85. The van der Waals surface area contributed by atoms with Crippen LogP contribution in [0.3, 0.4) is 0 Å². The summed E-state index contributed by atoms with van der Waals surface area (Å²) in [5.74, 6) is -1.76. The summed E-state index contributed by atoms with van der Waals surface area (Å²) < 4.78 is 0. The van der Waals surface area contributed by atoms with Crippen LogP contribution in [0.2, 0.25) is 0 Å². The molecule has 0 aliphatic carbocycles. The monoisotopic (exact) mass is 298 g/mol. The largest absolute Gasteiger partial charge is 0.480 e. The summed E-state index contributed by atoms with van der Waals surface area (Å²) >= 11 is 0. The van der Waals surface area contributed by atoms with Crippen molar-refractivity contribution in [3.05, 3.63) is 66.2 Å². The van der Waals surface area contributed by atoms with E-state index in [0.717, 1.165) is 4.90 Å². The Hall–Kier alpha value is -3.15. The Labute approximate surface area is 127 Å². The van der Waals surface area contributed by atoms with E-state index in [2.05, 4.69) is 5.32 Å². The van der Waals surface area contributed by atoms with Crippen molar-refractivity contribution in [3.63, 3.8) is 0 Å². The molecule has 0 saturated heterocycles. The zero-order valence-corrected chi connectivity index (χ0v) is 11.6. The van der Waals surface area contributed by atoms with Gasteiger partial charge in [-0.15, -0.1) is 0 Å². The number of anilines is 1. The van der Waals surface area contributed by atoms with Crippen molar-refractivity contribution in [2.75, 3.05) is 11.4 Å². The molecule has 0 unspecified atom stereocenters. The van der Waals surface area contributed by atoms with Gasteiger partial charge in [0.1, 0.15) is 6.54 Å². The lowest BCUT2D eigenvalue weighted by molar-refractivity contribution is -0.135. The van der Waals surface area contributed by atoms with E-state index in [0.29, 0.717) is 11.3 Å². The van der Waals surface area contributed by atoms with Gasteiger partial charge in [-0.1, -0.05) is 36.4 Å². The van der Waals surface area contributed by atoms with Crippen molar-refractivity contribution >= 4 is 23.6 Å². The number of amides is 3. The number of benzene rings is 2. The van der Waals surface area contributed by atoms with E-state index >= 15 is 0 Å². The molecule has 2 N–H and O–H groups in total. The van der Waals surface area contributed by atoms with Gasteiger partial charge in [0.05, 0.1) is 0 Å². The number of urea groups is 1. The van der Waals surface area contributed by atoms with E-state index in [4.69, 9.17) is 5.11 Å². The maximum Gasteiger partial charge on any atom is 0.329 e. The number of imide groups is 1. The molecule has 0 fully saturated rings. The predicted octanol–water partition coefficient (Wildman–Crippen LogP) is 2.13. The van der Waals surface area contributed by atoms with Gasteiger partial charge in [0, 0.05) is 11.3 Å². The molecule has 22 heavy (non-hydrogen) atoms. The van der Waals surface area contributed by atoms with Gasteiger partial charge in [-0.3, -0.25) is 19.8 Å². The lowest BCUT2D eigenvalue weighted by Crippen LogP contribution is -2.45. The van der Waals surface area contributed by atoms with Crippen molar-refractivity contribution in [1.82, 2.24) is 5.32 Å². The number of nitrogens with one attached hydrogen (secondary N) is 1. The Morgan fingerprint density at radius 2 is 1.45 bits per heavy atom. The van der Waals surface area contributed by atoms with Gasteiger partial charge >= 0.3 is 12.0 Å². The maximum absolute atomic E-state index is 12.2.